The van der Waals surface area contributed by atoms with E-state index in [1.807, 2.05) is 36.1 Å². The monoisotopic (exact) mass is 415 g/mol. The Bertz CT molecular complexity index is 966. The number of rotatable bonds is 2. The molecule has 7 heteroatoms. The lowest BCUT2D eigenvalue weighted by atomic mass is 9.72. The fourth-order valence-corrected chi connectivity index (χ4v) is 5.83. The molecule has 1 amide bonds. The molecule has 1 saturated carbocycles. The normalized spacial score (nSPS) is 29.0. The maximum atomic E-state index is 13.5. The van der Waals surface area contributed by atoms with Crippen molar-refractivity contribution in [1.29, 1.82) is 0 Å². The molecule has 3 aliphatic rings. The van der Waals surface area contributed by atoms with Crippen LogP contribution in [0.15, 0.2) is 40.4 Å². The Kier molecular flexibility index (Phi) is 5.27. The third-order valence-electron chi connectivity index (χ3n) is 6.74. The van der Waals surface area contributed by atoms with Crippen LogP contribution in [-0.2, 0) is 15.0 Å². The number of hydrogen-bond acceptors (Lipinski definition) is 3. The number of carbonyl (C=O) groups excluding carboxylic acids is 1. The Labute approximate surface area is 173 Å². The number of piperidine rings is 1. The van der Waals surface area contributed by atoms with E-state index in [1.54, 1.807) is 6.08 Å². The van der Waals surface area contributed by atoms with Crippen LogP contribution in [0.3, 0.4) is 0 Å². The quantitative estimate of drug-likeness (QED) is 0.744. The maximum absolute atomic E-state index is 13.5. The molecule has 0 aromatic heterocycles. The number of fused-ring (bicyclic) bond motifs is 1. The molecule has 0 unspecified atom stereocenters. The number of carbonyl (C=O) groups is 1. The van der Waals surface area contributed by atoms with Crippen molar-refractivity contribution < 1.29 is 13.2 Å². The van der Waals surface area contributed by atoms with Crippen LogP contribution in [0.2, 0.25) is 0 Å². The van der Waals surface area contributed by atoms with E-state index in [9.17, 15) is 13.2 Å². The Morgan fingerprint density at radius 1 is 1.10 bits per heavy atom. The van der Waals surface area contributed by atoms with Gasteiger partial charge in [0, 0.05) is 25.2 Å². The molecule has 2 fully saturated rings. The molecule has 0 radical (unpaired) electrons. The number of amides is 1. The van der Waals surface area contributed by atoms with Gasteiger partial charge in [0.25, 0.3) is 5.91 Å². The predicted octanol–water partition coefficient (Wildman–Crippen LogP) is 3.29. The van der Waals surface area contributed by atoms with E-state index < -0.39 is 10.2 Å². The molecule has 1 aromatic carbocycles. The van der Waals surface area contributed by atoms with Gasteiger partial charge in [-0.2, -0.15) is 8.42 Å². The van der Waals surface area contributed by atoms with Gasteiger partial charge in [0.15, 0.2) is 0 Å². The Balaban J connectivity index is 1.69. The molecule has 29 heavy (non-hydrogen) atoms. The smallest absolute Gasteiger partial charge is 0.334 e. The number of likely N-dealkylation sites (N-methyl/N-ethyl adjacent to an activating group) is 1. The van der Waals surface area contributed by atoms with Crippen molar-refractivity contribution in [1.82, 2.24) is 9.21 Å². The number of benzene rings is 1. The molecule has 2 heterocycles. The highest BCUT2D eigenvalue weighted by Gasteiger charge is 2.42. The predicted molar refractivity (Wildman–Crippen MR) is 114 cm³/mol. The molecule has 1 aliphatic carbocycles. The van der Waals surface area contributed by atoms with Gasteiger partial charge in [-0.25, -0.2) is 4.31 Å². The molecule has 0 bridgehead atoms. The first-order valence-corrected chi connectivity index (χ1v) is 11.9. The van der Waals surface area contributed by atoms with Crippen LogP contribution < -0.4 is 0 Å². The highest BCUT2D eigenvalue weighted by molar-refractivity contribution is 7.88. The summed E-state index contributed by atoms with van der Waals surface area (Å²) in [6, 6.07) is 7.72. The van der Waals surface area contributed by atoms with Gasteiger partial charge in [-0.15, -0.1) is 4.40 Å². The molecule has 3 atom stereocenters. The van der Waals surface area contributed by atoms with Crippen LogP contribution in [0.5, 0.6) is 0 Å². The van der Waals surface area contributed by atoms with Gasteiger partial charge in [-0.05, 0) is 44.1 Å². The average molecular weight is 416 g/mol. The second-order valence-corrected chi connectivity index (χ2v) is 10.2. The summed E-state index contributed by atoms with van der Waals surface area (Å²) in [5.74, 6) is 0.924. The molecule has 0 spiro atoms. The number of hydrogen-bond donors (Lipinski definition) is 0. The van der Waals surface area contributed by atoms with E-state index in [0.29, 0.717) is 29.7 Å². The lowest BCUT2D eigenvalue weighted by Gasteiger charge is -2.47. The maximum Gasteiger partial charge on any atom is 0.345 e. The largest absolute Gasteiger partial charge is 0.345 e. The highest BCUT2D eigenvalue weighted by atomic mass is 32.2. The van der Waals surface area contributed by atoms with E-state index in [-0.39, 0.29) is 17.6 Å². The molecule has 2 aliphatic heterocycles. The van der Waals surface area contributed by atoms with Crippen molar-refractivity contribution in [3.05, 3.63) is 47.2 Å². The van der Waals surface area contributed by atoms with Gasteiger partial charge < -0.3 is 4.90 Å². The summed E-state index contributed by atoms with van der Waals surface area (Å²) >= 11 is 0. The van der Waals surface area contributed by atoms with Gasteiger partial charge in [-0.1, -0.05) is 49.6 Å². The Hall–Kier alpha value is -2.15. The van der Waals surface area contributed by atoms with E-state index in [2.05, 4.69) is 11.3 Å². The minimum atomic E-state index is -3.94. The van der Waals surface area contributed by atoms with Crippen LogP contribution >= 0.6 is 0 Å². The standard InChI is InChI=1S/C22H29N3O3S/c1-15-8-10-17(11-9-15)19-14-21(24(3)29(27,28)23-19)22(26)25-13-12-16(2)18-6-4-5-7-20(18)25/h8-11,14,16,18,20H,4-7,12-13H2,1-3H3/t16-,18-,20-/m0/s1. The summed E-state index contributed by atoms with van der Waals surface area (Å²) in [6.45, 7) is 4.94. The SMILES string of the molecule is Cc1ccc(C2=NS(=O)(=O)N(C)C(C(=O)N3CC[C@H](C)[C@@H]4CCCC[C@@H]43)=C2)cc1. The summed E-state index contributed by atoms with van der Waals surface area (Å²) in [4.78, 5) is 15.5. The van der Waals surface area contributed by atoms with Gasteiger partial charge in [0.1, 0.15) is 5.70 Å². The van der Waals surface area contributed by atoms with Crippen molar-refractivity contribution >= 4 is 21.8 Å². The third-order valence-corrected chi connectivity index (χ3v) is 8.05. The fraction of sp³-hybridized carbons (Fsp3) is 0.545. The Morgan fingerprint density at radius 2 is 1.79 bits per heavy atom. The lowest BCUT2D eigenvalue weighted by molar-refractivity contribution is -0.135. The van der Waals surface area contributed by atoms with E-state index in [1.165, 1.54) is 13.5 Å². The molecular weight excluding hydrogens is 386 g/mol. The fourth-order valence-electron chi connectivity index (χ4n) is 4.93. The van der Waals surface area contributed by atoms with Crippen molar-refractivity contribution in [3.63, 3.8) is 0 Å². The van der Waals surface area contributed by atoms with Crippen molar-refractivity contribution in [3.8, 4) is 0 Å². The summed E-state index contributed by atoms with van der Waals surface area (Å²) in [5, 5.41) is 0. The second kappa shape index (κ2) is 7.59. The van der Waals surface area contributed by atoms with Crippen LogP contribution in [0.25, 0.3) is 0 Å². The molecule has 1 aromatic rings. The van der Waals surface area contributed by atoms with E-state index in [4.69, 9.17) is 0 Å². The van der Waals surface area contributed by atoms with E-state index >= 15 is 0 Å². The first-order chi connectivity index (χ1) is 13.8. The first kappa shape index (κ1) is 20.1. The molecule has 1 saturated heterocycles. The highest BCUT2D eigenvalue weighted by Crippen LogP contribution is 2.39. The van der Waals surface area contributed by atoms with E-state index in [0.717, 1.165) is 35.6 Å². The number of likely N-dealkylation sites (tertiary alicyclic amines) is 1. The van der Waals surface area contributed by atoms with Crippen molar-refractivity contribution in [2.75, 3.05) is 13.6 Å². The molecular formula is C22H29N3O3S. The first-order valence-electron chi connectivity index (χ1n) is 10.5. The zero-order valence-electron chi connectivity index (χ0n) is 17.3. The summed E-state index contributed by atoms with van der Waals surface area (Å²) < 4.78 is 30.3. The van der Waals surface area contributed by atoms with Crippen molar-refractivity contribution in [2.24, 2.45) is 16.2 Å². The molecule has 0 N–H and O–H groups in total. The molecule has 156 valence electrons. The molecule has 6 nitrogen and oxygen atoms in total. The van der Waals surface area contributed by atoms with Gasteiger partial charge in [0.2, 0.25) is 0 Å². The Morgan fingerprint density at radius 3 is 2.52 bits per heavy atom. The van der Waals surface area contributed by atoms with Gasteiger partial charge >= 0.3 is 10.2 Å². The summed E-state index contributed by atoms with van der Waals surface area (Å²) in [7, 11) is -2.52. The average Bonchev–Trinajstić information content (AvgIpc) is 2.70. The number of nitrogens with zero attached hydrogens (tertiary/aromatic N) is 3. The minimum Gasteiger partial charge on any atom is -0.334 e. The minimum absolute atomic E-state index is 0.189. The lowest BCUT2D eigenvalue weighted by Crippen LogP contribution is -2.54. The van der Waals surface area contributed by atoms with Crippen LogP contribution in [0.4, 0.5) is 0 Å². The number of allylic oxidation sites excluding steroid dienone is 1. The topological polar surface area (TPSA) is 70.0 Å². The zero-order chi connectivity index (χ0) is 20.8. The van der Waals surface area contributed by atoms with Gasteiger partial charge in [0.05, 0.1) is 5.71 Å². The summed E-state index contributed by atoms with van der Waals surface area (Å²) in [6.07, 6.45) is 7.09. The second-order valence-electron chi connectivity index (χ2n) is 8.60. The van der Waals surface area contributed by atoms with Crippen molar-refractivity contribution in [2.45, 2.75) is 52.0 Å². The zero-order valence-corrected chi connectivity index (χ0v) is 18.2. The van der Waals surface area contributed by atoms with Crippen LogP contribution in [0.1, 0.15) is 50.2 Å². The summed E-state index contributed by atoms with van der Waals surface area (Å²) in [5.41, 5.74) is 2.28. The van der Waals surface area contributed by atoms with Crippen LogP contribution in [-0.4, -0.2) is 48.9 Å². The number of aryl methyl sites for hydroxylation is 1. The molecule has 4 rings (SSSR count). The van der Waals surface area contributed by atoms with Gasteiger partial charge in [-0.3, -0.25) is 4.79 Å². The van der Waals surface area contributed by atoms with Crippen LogP contribution in [0, 0.1) is 18.8 Å². The third kappa shape index (κ3) is 3.72.